The number of anilines is 1. The second-order valence-corrected chi connectivity index (χ2v) is 5.44. The van der Waals surface area contributed by atoms with Crippen molar-refractivity contribution in [1.29, 1.82) is 0 Å². The van der Waals surface area contributed by atoms with Crippen LogP contribution in [0.1, 0.15) is 10.6 Å². The highest BCUT2D eigenvalue weighted by Crippen LogP contribution is 2.30. The Hall–Kier alpha value is -3.33. The highest BCUT2D eigenvalue weighted by Gasteiger charge is 2.13. The average molecular weight is 312 g/mol. The summed E-state index contributed by atoms with van der Waals surface area (Å²) in [7, 11) is 0. The summed E-state index contributed by atoms with van der Waals surface area (Å²) in [6.07, 6.45) is 0. The van der Waals surface area contributed by atoms with Crippen LogP contribution in [0.15, 0.2) is 83.3 Å². The monoisotopic (exact) mass is 312 g/mol. The molecule has 1 N–H and O–H groups in total. The average Bonchev–Trinajstić information content (AvgIpc) is 3.12. The van der Waals surface area contributed by atoms with Crippen LogP contribution in [0.4, 0.5) is 5.69 Å². The number of hydrogen-bond acceptors (Lipinski definition) is 2. The predicted octanol–water partition coefficient (Wildman–Crippen LogP) is 5.15. The summed E-state index contributed by atoms with van der Waals surface area (Å²) in [6, 6.07) is 27.7. The summed E-state index contributed by atoms with van der Waals surface area (Å²) in [5.74, 6) is 0.680. The minimum absolute atomic E-state index is 0.277. The molecule has 0 aliphatic rings. The van der Waals surface area contributed by atoms with Gasteiger partial charge in [0.2, 0.25) is 0 Å². The van der Waals surface area contributed by atoms with E-state index in [1.165, 1.54) is 0 Å². The van der Waals surface area contributed by atoms with Crippen molar-refractivity contribution in [1.82, 2.24) is 0 Å². The molecule has 0 bridgehead atoms. The van der Waals surface area contributed by atoms with Crippen LogP contribution in [-0.4, -0.2) is 5.91 Å². The molecular formula is C21H14NO2. The number of furan rings is 1. The quantitative estimate of drug-likeness (QED) is 0.568. The second kappa shape index (κ2) is 6.05. The number of rotatable bonds is 3. The maximum absolute atomic E-state index is 12.3. The van der Waals surface area contributed by atoms with Crippen molar-refractivity contribution >= 4 is 22.4 Å². The zero-order valence-electron chi connectivity index (χ0n) is 12.8. The standard InChI is InChI=1S/C21H14NO2/c23-21(22-16-9-2-1-3-10-16)20-14-13-19(24-20)18-12-6-8-15-7-4-5-11-17(15)18/h1-2,4-14H,(H,22,23). The van der Waals surface area contributed by atoms with E-state index in [0.29, 0.717) is 11.4 Å². The molecule has 0 saturated carbocycles. The molecule has 0 unspecified atom stereocenters. The lowest BCUT2D eigenvalue weighted by molar-refractivity contribution is 0.0997. The molecule has 3 aromatic carbocycles. The van der Waals surface area contributed by atoms with Gasteiger partial charge < -0.3 is 9.73 Å². The van der Waals surface area contributed by atoms with E-state index in [4.69, 9.17) is 4.42 Å². The normalized spacial score (nSPS) is 10.7. The fourth-order valence-electron chi connectivity index (χ4n) is 2.71. The first-order valence-corrected chi connectivity index (χ1v) is 7.67. The molecule has 0 aliphatic carbocycles. The second-order valence-electron chi connectivity index (χ2n) is 5.44. The minimum atomic E-state index is -0.277. The van der Waals surface area contributed by atoms with E-state index in [9.17, 15) is 4.79 Å². The van der Waals surface area contributed by atoms with E-state index in [1.807, 2.05) is 48.5 Å². The third kappa shape index (κ3) is 2.68. The summed E-state index contributed by atoms with van der Waals surface area (Å²) >= 11 is 0. The molecule has 1 heterocycles. The fourth-order valence-corrected chi connectivity index (χ4v) is 2.71. The number of hydrogen-bond donors (Lipinski definition) is 1. The summed E-state index contributed by atoms with van der Waals surface area (Å²) in [5.41, 5.74) is 1.66. The molecule has 3 heteroatoms. The molecule has 1 aromatic heterocycles. The zero-order chi connectivity index (χ0) is 16.4. The van der Waals surface area contributed by atoms with Gasteiger partial charge in [-0.1, -0.05) is 54.6 Å². The van der Waals surface area contributed by atoms with Crippen LogP contribution in [-0.2, 0) is 0 Å². The molecule has 0 spiro atoms. The Bertz CT molecular complexity index is 997. The van der Waals surface area contributed by atoms with Gasteiger partial charge in [0.1, 0.15) is 5.76 Å². The lowest BCUT2D eigenvalue weighted by atomic mass is 10.0. The lowest BCUT2D eigenvalue weighted by Gasteiger charge is -2.04. The maximum atomic E-state index is 12.3. The van der Waals surface area contributed by atoms with E-state index < -0.39 is 0 Å². The Balaban J connectivity index is 1.66. The van der Waals surface area contributed by atoms with Gasteiger partial charge in [0.15, 0.2) is 5.76 Å². The Morgan fingerprint density at radius 3 is 2.67 bits per heavy atom. The Labute approximate surface area is 139 Å². The van der Waals surface area contributed by atoms with E-state index in [-0.39, 0.29) is 11.7 Å². The third-order valence-electron chi connectivity index (χ3n) is 3.85. The largest absolute Gasteiger partial charge is 0.451 e. The number of carbonyl (C=O) groups is 1. The van der Waals surface area contributed by atoms with Gasteiger partial charge in [0, 0.05) is 11.3 Å². The Kier molecular flexibility index (Phi) is 3.60. The van der Waals surface area contributed by atoms with Crippen molar-refractivity contribution in [2.75, 3.05) is 5.32 Å². The van der Waals surface area contributed by atoms with Gasteiger partial charge in [-0.3, -0.25) is 4.79 Å². The number of nitrogens with one attached hydrogen (secondary N) is 1. The summed E-state index contributed by atoms with van der Waals surface area (Å²) in [6.45, 7) is 0. The maximum Gasteiger partial charge on any atom is 0.291 e. The summed E-state index contributed by atoms with van der Waals surface area (Å²) < 4.78 is 5.79. The SMILES string of the molecule is O=C(Nc1c[c]ccc1)c1ccc(-c2cccc3ccccc23)o1. The van der Waals surface area contributed by atoms with Gasteiger partial charge in [0.05, 0.1) is 0 Å². The van der Waals surface area contributed by atoms with E-state index in [1.54, 1.807) is 18.2 Å². The Morgan fingerprint density at radius 1 is 0.917 bits per heavy atom. The number of benzene rings is 3. The zero-order valence-corrected chi connectivity index (χ0v) is 12.8. The lowest BCUT2D eigenvalue weighted by Crippen LogP contribution is -2.10. The van der Waals surface area contributed by atoms with Gasteiger partial charge >= 0.3 is 0 Å². The van der Waals surface area contributed by atoms with Crippen molar-refractivity contribution in [3.05, 3.63) is 90.7 Å². The van der Waals surface area contributed by atoms with Crippen molar-refractivity contribution < 1.29 is 9.21 Å². The summed E-state index contributed by atoms with van der Waals surface area (Å²) in [5, 5.41) is 5.03. The van der Waals surface area contributed by atoms with Crippen LogP contribution < -0.4 is 5.32 Å². The van der Waals surface area contributed by atoms with Crippen molar-refractivity contribution in [3.8, 4) is 11.3 Å². The fraction of sp³-hybridized carbons (Fsp3) is 0. The highest BCUT2D eigenvalue weighted by molar-refractivity contribution is 6.03. The van der Waals surface area contributed by atoms with E-state index in [2.05, 4.69) is 23.5 Å². The molecule has 0 saturated heterocycles. The highest BCUT2D eigenvalue weighted by atomic mass is 16.3. The van der Waals surface area contributed by atoms with Gasteiger partial charge in [-0.05, 0) is 41.1 Å². The molecule has 1 radical (unpaired) electrons. The van der Waals surface area contributed by atoms with Gasteiger partial charge in [-0.25, -0.2) is 0 Å². The van der Waals surface area contributed by atoms with Crippen LogP contribution >= 0.6 is 0 Å². The van der Waals surface area contributed by atoms with Crippen LogP contribution in [0.5, 0.6) is 0 Å². The molecule has 1 amide bonds. The van der Waals surface area contributed by atoms with Gasteiger partial charge in [-0.15, -0.1) is 0 Å². The van der Waals surface area contributed by atoms with Crippen molar-refractivity contribution in [3.63, 3.8) is 0 Å². The number of amides is 1. The number of carbonyl (C=O) groups excluding carboxylic acids is 1. The third-order valence-corrected chi connectivity index (χ3v) is 3.85. The first-order valence-electron chi connectivity index (χ1n) is 7.67. The molecular weight excluding hydrogens is 298 g/mol. The Morgan fingerprint density at radius 2 is 1.79 bits per heavy atom. The first kappa shape index (κ1) is 14.3. The predicted molar refractivity (Wildman–Crippen MR) is 94.9 cm³/mol. The minimum Gasteiger partial charge on any atom is -0.451 e. The summed E-state index contributed by atoms with van der Waals surface area (Å²) in [4.78, 5) is 12.3. The van der Waals surface area contributed by atoms with Crippen LogP contribution in [0.3, 0.4) is 0 Å². The van der Waals surface area contributed by atoms with Crippen molar-refractivity contribution in [2.45, 2.75) is 0 Å². The molecule has 24 heavy (non-hydrogen) atoms. The van der Waals surface area contributed by atoms with Crippen LogP contribution in [0, 0.1) is 6.07 Å². The molecule has 4 aromatic rings. The smallest absolute Gasteiger partial charge is 0.291 e. The van der Waals surface area contributed by atoms with Gasteiger partial charge in [0.25, 0.3) is 5.91 Å². The molecule has 0 fully saturated rings. The molecule has 3 nitrogen and oxygen atoms in total. The number of fused-ring (bicyclic) bond motifs is 1. The molecule has 0 atom stereocenters. The molecule has 115 valence electrons. The van der Waals surface area contributed by atoms with E-state index >= 15 is 0 Å². The first-order chi connectivity index (χ1) is 11.8. The van der Waals surface area contributed by atoms with Crippen molar-refractivity contribution in [2.24, 2.45) is 0 Å². The molecule has 0 aliphatic heterocycles. The van der Waals surface area contributed by atoms with Crippen LogP contribution in [0.25, 0.3) is 22.1 Å². The van der Waals surface area contributed by atoms with E-state index in [0.717, 1.165) is 16.3 Å². The molecule has 4 rings (SSSR count). The van der Waals surface area contributed by atoms with Gasteiger partial charge in [-0.2, -0.15) is 0 Å². The van der Waals surface area contributed by atoms with Crippen LogP contribution in [0.2, 0.25) is 0 Å². The topological polar surface area (TPSA) is 42.2 Å².